The van der Waals surface area contributed by atoms with Crippen LogP contribution in [-0.4, -0.2) is 16.0 Å². The second kappa shape index (κ2) is 5.27. The van der Waals surface area contributed by atoms with Crippen LogP contribution in [0.5, 0.6) is 0 Å². The van der Waals surface area contributed by atoms with E-state index >= 15 is 0 Å². The highest BCUT2D eigenvalue weighted by Crippen LogP contribution is 2.15. The maximum atomic E-state index is 10.5. The van der Waals surface area contributed by atoms with Gasteiger partial charge in [0.15, 0.2) is 5.57 Å². The van der Waals surface area contributed by atoms with Gasteiger partial charge in [-0.2, -0.15) is 5.26 Å². The summed E-state index contributed by atoms with van der Waals surface area (Å²) in [7, 11) is 0. The number of nitro benzene ring substituents is 1. The lowest BCUT2D eigenvalue weighted by atomic mass is 10.3. The number of non-ortho nitro benzene ring substituents is 1. The monoisotopic (exact) mass is 233 g/mol. The van der Waals surface area contributed by atoms with Crippen molar-refractivity contribution in [1.82, 2.24) is 0 Å². The number of anilines is 1. The molecule has 2 N–H and O–H groups in total. The molecule has 17 heavy (non-hydrogen) atoms. The van der Waals surface area contributed by atoms with E-state index in [1.54, 1.807) is 0 Å². The molecular weight excluding hydrogens is 226 g/mol. The molecule has 0 radical (unpaired) electrons. The van der Waals surface area contributed by atoms with Gasteiger partial charge in [-0.25, -0.2) is 4.79 Å². The number of rotatable bonds is 4. The zero-order chi connectivity index (χ0) is 12.8. The number of nitrogens with zero attached hydrogens (tertiary/aromatic N) is 2. The van der Waals surface area contributed by atoms with Gasteiger partial charge in [0, 0.05) is 24.0 Å². The number of nitro groups is 1. The van der Waals surface area contributed by atoms with Crippen molar-refractivity contribution in [3.8, 4) is 6.07 Å². The number of hydrogen-bond acceptors (Lipinski definition) is 5. The van der Waals surface area contributed by atoms with Crippen molar-refractivity contribution < 1.29 is 14.8 Å². The fraction of sp³-hybridized carbons (Fsp3) is 0. The van der Waals surface area contributed by atoms with E-state index in [0.29, 0.717) is 5.69 Å². The third-order valence-electron chi connectivity index (χ3n) is 1.81. The molecule has 0 heterocycles. The molecule has 0 unspecified atom stereocenters. The van der Waals surface area contributed by atoms with Gasteiger partial charge in [-0.05, 0) is 12.1 Å². The van der Waals surface area contributed by atoms with Crippen LogP contribution >= 0.6 is 0 Å². The summed E-state index contributed by atoms with van der Waals surface area (Å²) in [5, 5.41) is 29.9. The van der Waals surface area contributed by atoms with Crippen molar-refractivity contribution in [2.24, 2.45) is 0 Å². The normalized spacial score (nSPS) is 10.4. The lowest BCUT2D eigenvalue weighted by molar-refractivity contribution is -0.384. The minimum atomic E-state index is -1.35. The Bertz CT molecular complexity index is 513. The Morgan fingerprint density at radius 3 is 2.47 bits per heavy atom. The van der Waals surface area contributed by atoms with Crippen LogP contribution in [-0.2, 0) is 4.79 Å². The maximum absolute atomic E-state index is 10.5. The van der Waals surface area contributed by atoms with Gasteiger partial charge >= 0.3 is 5.97 Å². The van der Waals surface area contributed by atoms with Crippen molar-refractivity contribution in [3.05, 3.63) is 46.2 Å². The van der Waals surface area contributed by atoms with Gasteiger partial charge in [0.1, 0.15) is 6.07 Å². The van der Waals surface area contributed by atoms with Gasteiger partial charge in [0.2, 0.25) is 0 Å². The Balaban J connectivity index is 2.80. The van der Waals surface area contributed by atoms with E-state index in [4.69, 9.17) is 10.4 Å². The van der Waals surface area contributed by atoms with Crippen LogP contribution in [0.3, 0.4) is 0 Å². The van der Waals surface area contributed by atoms with Crippen LogP contribution < -0.4 is 5.32 Å². The highest BCUT2D eigenvalue weighted by atomic mass is 16.6. The second-order valence-electron chi connectivity index (χ2n) is 2.92. The topological polar surface area (TPSA) is 116 Å². The van der Waals surface area contributed by atoms with E-state index in [2.05, 4.69) is 5.32 Å². The summed E-state index contributed by atoms with van der Waals surface area (Å²) in [5.41, 5.74) is -0.0776. The smallest absolute Gasteiger partial charge is 0.347 e. The second-order valence-corrected chi connectivity index (χ2v) is 2.92. The average Bonchev–Trinajstić information content (AvgIpc) is 2.30. The molecule has 0 aliphatic carbocycles. The van der Waals surface area contributed by atoms with Crippen molar-refractivity contribution in [3.63, 3.8) is 0 Å². The standard InChI is InChI=1S/C10H7N3O4/c11-5-7(10(14)15)6-12-8-1-3-9(4-2-8)13(16)17/h1-4,6,12H,(H,14,15)/b7-6-. The number of nitriles is 1. The number of hydrogen-bond donors (Lipinski definition) is 2. The van der Waals surface area contributed by atoms with Crippen LogP contribution in [0.2, 0.25) is 0 Å². The van der Waals surface area contributed by atoms with Gasteiger partial charge < -0.3 is 10.4 Å². The van der Waals surface area contributed by atoms with Gasteiger partial charge in [-0.15, -0.1) is 0 Å². The SMILES string of the molecule is N#C/C(=C/Nc1ccc([N+](=O)[O-])cc1)C(=O)O. The molecule has 86 valence electrons. The molecule has 0 saturated heterocycles. The van der Waals surface area contributed by atoms with Crippen molar-refractivity contribution in [2.75, 3.05) is 5.32 Å². The summed E-state index contributed by atoms with van der Waals surface area (Å²) in [6.07, 6.45) is 1.02. The Labute approximate surface area is 95.8 Å². The molecule has 0 aliphatic rings. The van der Waals surface area contributed by atoms with E-state index in [1.165, 1.54) is 30.3 Å². The molecule has 0 aliphatic heterocycles. The first-order chi connectivity index (χ1) is 8.04. The van der Waals surface area contributed by atoms with Crippen LogP contribution in [0.25, 0.3) is 0 Å². The summed E-state index contributed by atoms with van der Waals surface area (Å²) in [5.74, 6) is -1.35. The maximum Gasteiger partial charge on any atom is 0.347 e. The quantitative estimate of drug-likeness (QED) is 0.352. The lowest BCUT2D eigenvalue weighted by Crippen LogP contribution is -2.01. The third kappa shape index (κ3) is 3.32. The fourth-order valence-corrected chi connectivity index (χ4v) is 0.977. The first-order valence-corrected chi connectivity index (χ1v) is 4.39. The van der Waals surface area contributed by atoms with E-state index in [0.717, 1.165) is 6.20 Å². The van der Waals surface area contributed by atoms with Crippen LogP contribution in [0.4, 0.5) is 11.4 Å². The third-order valence-corrected chi connectivity index (χ3v) is 1.81. The van der Waals surface area contributed by atoms with Crippen molar-refractivity contribution in [2.45, 2.75) is 0 Å². The molecule has 0 fully saturated rings. The summed E-state index contributed by atoms with van der Waals surface area (Å²) < 4.78 is 0. The zero-order valence-corrected chi connectivity index (χ0v) is 8.45. The Morgan fingerprint density at radius 1 is 1.47 bits per heavy atom. The van der Waals surface area contributed by atoms with Crippen LogP contribution in [0.15, 0.2) is 36.0 Å². The number of carboxylic acids is 1. The van der Waals surface area contributed by atoms with Gasteiger partial charge in [0.05, 0.1) is 4.92 Å². The molecule has 0 aromatic heterocycles. The van der Waals surface area contributed by atoms with Crippen molar-refractivity contribution in [1.29, 1.82) is 5.26 Å². The number of carbonyl (C=O) groups is 1. The van der Waals surface area contributed by atoms with Gasteiger partial charge in [-0.3, -0.25) is 10.1 Å². The average molecular weight is 233 g/mol. The van der Waals surface area contributed by atoms with Gasteiger partial charge in [0.25, 0.3) is 5.69 Å². The summed E-state index contributed by atoms with van der Waals surface area (Å²) in [6.45, 7) is 0. The number of nitrogens with one attached hydrogen (secondary N) is 1. The molecule has 0 bridgehead atoms. The van der Waals surface area contributed by atoms with Crippen LogP contribution in [0.1, 0.15) is 0 Å². The summed E-state index contributed by atoms with van der Waals surface area (Å²) in [4.78, 5) is 20.3. The number of aliphatic carboxylic acids is 1. The van der Waals surface area contributed by atoms with Crippen LogP contribution in [0, 0.1) is 21.4 Å². The Kier molecular flexibility index (Phi) is 3.78. The molecule has 7 heteroatoms. The van der Waals surface area contributed by atoms with E-state index in [-0.39, 0.29) is 5.69 Å². The molecule has 1 aromatic rings. The first-order valence-electron chi connectivity index (χ1n) is 4.39. The summed E-state index contributed by atoms with van der Waals surface area (Å²) >= 11 is 0. The summed E-state index contributed by atoms with van der Waals surface area (Å²) in [6, 6.07) is 6.84. The molecule has 0 atom stereocenters. The molecule has 0 spiro atoms. The largest absolute Gasteiger partial charge is 0.477 e. The highest BCUT2D eigenvalue weighted by molar-refractivity contribution is 5.91. The highest BCUT2D eigenvalue weighted by Gasteiger charge is 2.06. The van der Waals surface area contributed by atoms with Crippen molar-refractivity contribution >= 4 is 17.3 Å². The minimum Gasteiger partial charge on any atom is -0.477 e. The molecule has 0 amide bonds. The minimum absolute atomic E-state index is 0.0710. The van der Waals surface area contributed by atoms with Gasteiger partial charge in [-0.1, -0.05) is 0 Å². The predicted molar refractivity (Wildman–Crippen MR) is 58.1 cm³/mol. The van der Waals surface area contributed by atoms with E-state index in [1.807, 2.05) is 0 Å². The molecule has 7 nitrogen and oxygen atoms in total. The molecular formula is C10H7N3O4. The Morgan fingerprint density at radius 2 is 2.06 bits per heavy atom. The predicted octanol–water partition coefficient (Wildman–Crippen LogP) is 1.50. The zero-order valence-electron chi connectivity index (χ0n) is 8.45. The van der Waals surface area contributed by atoms with E-state index in [9.17, 15) is 14.9 Å². The molecule has 0 saturated carbocycles. The number of benzene rings is 1. The number of carboxylic acid groups (broad SMARTS) is 1. The van der Waals surface area contributed by atoms with E-state index < -0.39 is 16.5 Å². The molecule has 1 rings (SSSR count). The molecule has 1 aromatic carbocycles. The fourth-order valence-electron chi connectivity index (χ4n) is 0.977. The lowest BCUT2D eigenvalue weighted by Gasteiger charge is -1.99. The Hall–Kier alpha value is -2.88. The first kappa shape index (κ1) is 12.2.